The summed E-state index contributed by atoms with van der Waals surface area (Å²) in [6, 6.07) is 16.1. The number of hydrogen-bond donors (Lipinski definition) is 1. The van der Waals surface area contributed by atoms with E-state index in [-0.39, 0.29) is 11.3 Å². The second-order valence-corrected chi connectivity index (χ2v) is 9.83. The molecule has 0 aliphatic heterocycles. The largest absolute Gasteiger partial charge is 0.493 e. The van der Waals surface area contributed by atoms with Gasteiger partial charge in [0.05, 0.1) is 30.9 Å². The first kappa shape index (κ1) is 23.1. The minimum absolute atomic E-state index is 0.129. The van der Waals surface area contributed by atoms with Crippen LogP contribution in [0.25, 0.3) is 16.9 Å². The van der Waals surface area contributed by atoms with Crippen LogP contribution in [0, 0.1) is 13.8 Å². The molecular weight excluding hydrogens is 466 g/mol. The highest BCUT2D eigenvalue weighted by Crippen LogP contribution is 2.59. The van der Waals surface area contributed by atoms with Crippen LogP contribution in [0.1, 0.15) is 53.8 Å². The molecule has 9 nitrogen and oxygen atoms in total. The van der Waals surface area contributed by atoms with Gasteiger partial charge in [-0.05, 0) is 50.1 Å². The van der Waals surface area contributed by atoms with Gasteiger partial charge < -0.3 is 14.5 Å². The molecule has 0 bridgehead atoms. The van der Waals surface area contributed by atoms with E-state index in [0.717, 1.165) is 46.2 Å². The van der Waals surface area contributed by atoms with Crippen molar-refractivity contribution in [3.63, 3.8) is 0 Å². The molecule has 6 rings (SSSR count). The number of hydrogen-bond acceptors (Lipinski definition) is 7. The average molecular weight is 496 g/mol. The molecule has 1 fully saturated rings. The zero-order chi connectivity index (χ0) is 25.7. The summed E-state index contributed by atoms with van der Waals surface area (Å²) in [4.78, 5) is 22.6. The number of aromatic nitrogens is 7. The number of benzene rings is 2. The fourth-order valence-corrected chi connectivity index (χ4v) is 5.07. The second kappa shape index (κ2) is 8.69. The van der Waals surface area contributed by atoms with Gasteiger partial charge in [0.1, 0.15) is 23.3 Å². The number of ether oxygens (including phenoxy) is 2. The summed E-state index contributed by atoms with van der Waals surface area (Å²) in [5.41, 5.74) is 3.95. The molecule has 1 aliphatic carbocycles. The lowest BCUT2D eigenvalue weighted by atomic mass is 10.0. The number of fused-ring (bicyclic) bond motifs is 1. The zero-order valence-corrected chi connectivity index (χ0v) is 21.6. The number of para-hydroxylation sites is 2. The predicted octanol–water partition coefficient (Wildman–Crippen LogP) is 4.60. The quantitative estimate of drug-likeness (QED) is 0.352. The molecule has 0 spiro atoms. The van der Waals surface area contributed by atoms with Crippen LogP contribution in [-0.4, -0.2) is 48.9 Å². The molecule has 37 heavy (non-hydrogen) atoms. The van der Waals surface area contributed by atoms with E-state index in [4.69, 9.17) is 29.4 Å². The second-order valence-electron chi connectivity index (χ2n) is 9.83. The molecule has 1 aliphatic rings. The molecule has 2 aromatic carbocycles. The Kier molecular flexibility index (Phi) is 5.43. The maximum atomic E-state index is 5.48. The van der Waals surface area contributed by atoms with Gasteiger partial charge in [0, 0.05) is 23.8 Å². The monoisotopic (exact) mass is 495 g/mol. The Morgan fingerprint density at radius 3 is 2.54 bits per heavy atom. The number of nitrogens with zero attached hydrogens (tertiary/aromatic N) is 6. The summed E-state index contributed by atoms with van der Waals surface area (Å²) in [5.74, 6) is 5.55. The van der Waals surface area contributed by atoms with Gasteiger partial charge in [-0.15, -0.1) is 5.10 Å². The molecule has 0 amide bonds. The molecule has 3 aromatic heterocycles. The summed E-state index contributed by atoms with van der Waals surface area (Å²) in [6.45, 7) is 6.06. The molecule has 9 heteroatoms. The molecule has 5 aromatic rings. The summed E-state index contributed by atoms with van der Waals surface area (Å²) in [7, 11) is 3.27. The van der Waals surface area contributed by atoms with Crippen molar-refractivity contribution in [3.8, 4) is 17.3 Å². The molecule has 0 radical (unpaired) electrons. The Balaban J connectivity index is 1.33. The molecule has 3 heterocycles. The van der Waals surface area contributed by atoms with Crippen LogP contribution >= 0.6 is 0 Å². The lowest BCUT2D eigenvalue weighted by Gasteiger charge is -2.14. The zero-order valence-electron chi connectivity index (χ0n) is 21.6. The van der Waals surface area contributed by atoms with Crippen molar-refractivity contribution in [2.75, 3.05) is 14.2 Å². The summed E-state index contributed by atoms with van der Waals surface area (Å²) < 4.78 is 12.7. The van der Waals surface area contributed by atoms with E-state index in [9.17, 15) is 0 Å². The molecule has 0 unspecified atom stereocenters. The van der Waals surface area contributed by atoms with E-state index in [1.807, 2.05) is 61.0 Å². The van der Waals surface area contributed by atoms with Gasteiger partial charge >= 0.3 is 0 Å². The number of methoxy groups -OCH3 is 2. The van der Waals surface area contributed by atoms with Crippen molar-refractivity contribution in [1.82, 2.24) is 34.7 Å². The Bertz CT molecular complexity index is 1590. The molecular formula is C28H29N7O2. The van der Waals surface area contributed by atoms with Crippen molar-refractivity contribution in [1.29, 1.82) is 0 Å². The summed E-state index contributed by atoms with van der Waals surface area (Å²) in [6.07, 6.45) is 1.54. The molecule has 1 saturated carbocycles. The summed E-state index contributed by atoms with van der Waals surface area (Å²) in [5, 5.41) is 4.68. The first-order chi connectivity index (χ1) is 17.9. The van der Waals surface area contributed by atoms with E-state index in [0.29, 0.717) is 29.6 Å². The minimum atomic E-state index is -0.129. The molecule has 1 N–H and O–H groups in total. The van der Waals surface area contributed by atoms with E-state index >= 15 is 0 Å². The van der Waals surface area contributed by atoms with Crippen LogP contribution in [0.2, 0.25) is 0 Å². The summed E-state index contributed by atoms with van der Waals surface area (Å²) >= 11 is 0. The highest BCUT2D eigenvalue weighted by atomic mass is 16.5. The first-order valence-corrected chi connectivity index (χ1v) is 12.3. The Labute approximate surface area is 214 Å². The van der Waals surface area contributed by atoms with Crippen molar-refractivity contribution < 1.29 is 9.47 Å². The molecule has 188 valence electrons. The standard InChI is InChI=1S/C28H29N7O2/c1-16-29-24(28(3)15-19(28)27-32-20-8-6-7-9-21(20)33-27)14-26(30-16)35-25(31-17(2)34-35)13-18-10-11-22(36-4)23(12-18)37-5/h6-12,14,19H,13,15H2,1-5H3,(H,32,33)/t19-,28+/m1/s1. The van der Waals surface area contributed by atoms with Crippen molar-refractivity contribution in [2.24, 2.45) is 0 Å². The van der Waals surface area contributed by atoms with Crippen LogP contribution in [-0.2, 0) is 11.8 Å². The highest BCUT2D eigenvalue weighted by Gasteiger charge is 2.55. The predicted molar refractivity (Wildman–Crippen MR) is 140 cm³/mol. The number of H-pyrrole nitrogens is 1. The average Bonchev–Trinajstić information content (AvgIpc) is 3.22. The normalized spacial score (nSPS) is 18.8. The Morgan fingerprint density at radius 2 is 1.76 bits per heavy atom. The van der Waals surface area contributed by atoms with Gasteiger partial charge in [-0.2, -0.15) is 4.68 Å². The van der Waals surface area contributed by atoms with Crippen LogP contribution in [0.3, 0.4) is 0 Å². The third-order valence-corrected chi connectivity index (χ3v) is 7.19. The van der Waals surface area contributed by atoms with E-state index in [1.165, 1.54) is 0 Å². The van der Waals surface area contributed by atoms with E-state index in [1.54, 1.807) is 14.2 Å². The lowest BCUT2D eigenvalue weighted by molar-refractivity contribution is 0.354. The van der Waals surface area contributed by atoms with Gasteiger partial charge in [0.25, 0.3) is 0 Å². The number of imidazole rings is 1. The van der Waals surface area contributed by atoms with Gasteiger partial charge in [-0.25, -0.2) is 19.9 Å². The van der Waals surface area contributed by atoms with Crippen molar-refractivity contribution in [3.05, 3.63) is 83.1 Å². The first-order valence-electron chi connectivity index (χ1n) is 12.3. The van der Waals surface area contributed by atoms with Crippen LogP contribution in [0.15, 0.2) is 48.5 Å². The lowest BCUT2D eigenvalue weighted by Crippen LogP contribution is -2.14. The van der Waals surface area contributed by atoms with Gasteiger partial charge in [0.2, 0.25) is 0 Å². The van der Waals surface area contributed by atoms with Crippen LogP contribution in [0.4, 0.5) is 0 Å². The smallest absolute Gasteiger partial charge is 0.161 e. The van der Waals surface area contributed by atoms with Crippen LogP contribution in [0.5, 0.6) is 11.5 Å². The third kappa shape index (κ3) is 4.10. The fraction of sp³-hybridized carbons (Fsp3) is 0.321. The number of rotatable bonds is 7. The maximum Gasteiger partial charge on any atom is 0.161 e. The van der Waals surface area contributed by atoms with Gasteiger partial charge in [-0.1, -0.05) is 25.1 Å². The Morgan fingerprint density at radius 1 is 0.946 bits per heavy atom. The van der Waals surface area contributed by atoms with Gasteiger partial charge in [-0.3, -0.25) is 0 Å². The third-order valence-electron chi connectivity index (χ3n) is 7.19. The van der Waals surface area contributed by atoms with E-state index < -0.39 is 0 Å². The van der Waals surface area contributed by atoms with Crippen molar-refractivity contribution in [2.45, 2.75) is 44.9 Å². The Hall–Kier alpha value is -4.27. The number of aromatic amines is 1. The SMILES string of the molecule is COc1ccc(Cc2nc(C)nn2-c2cc([C@@]3(C)C[C@@H]3c3nc4ccccc4[nH]3)nc(C)n2)cc1OC. The van der Waals surface area contributed by atoms with Crippen LogP contribution < -0.4 is 9.47 Å². The highest BCUT2D eigenvalue weighted by molar-refractivity contribution is 5.75. The molecule has 2 atom stereocenters. The minimum Gasteiger partial charge on any atom is -0.493 e. The number of nitrogens with one attached hydrogen (secondary N) is 1. The van der Waals surface area contributed by atoms with Gasteiger partial charge in [0.15, 0.2) is 17.3 Å². The molecule has 0 saturated heterocycles. The maximum absolute atomic E-state index is 5.48. The number of aryl methyl sites for hydroxylation is 2. The van der Waals surface area contributed by atoms with E-state index in [2.05, 4.69) is 23.1 Å². The topological polar surface area (TPSA) is 104 Å². The van der Waals surface area contributed by atoms with Crippen molar-refractivity contribution >= 4 is 11.0 Å². The fourth-order valence-electron chi connectivity index (χ4n) is 5.07.